The number of sulfonamides is 1. The number of carbonyl (C=O) groups is 1. The number of rotatable bonds is 9. The van der Waals surface area contributed by atoms with Crippen LogP contribution in [0.1, 0.15) is 19.8 Å². The maximum atomic E-state index is 13.5. The Kier molecular flexibility index (Phi) is 8.44. The maximum Gasteiger partial charge on any atom is 0.264 e. The highest BCUT2D eigenvalue weighted by atomic mass is 32.2. The molecule has 1 heterocycles. The van der Waals surface area contributed by atoms with Gasteiger partial charge in [-0.25, -0.2) is 8.42 Å². The van der Waals surface area contributed by atoms with Crippen molar-refractivity contribution in [3.8, 4) is 5.75 Å². The molecule has 2 aromatic rings. The Morgan fingerprint density at radius 3 is 2.31 bits per heavy atom. The summed E-state index contributed by atoms with van der Waals surface area (Å²) in [5.74, 6) is 0.339. The lowest BCUT2D eigenvalue weighted by Crippen LogP contribution is -2.47. The molecule has 9 heteroatoms. The summed E-state index contributed by atoms with van der Waals surface area (Å²) >= 11 is 1.54. The van der Waals surface area contributed by atoms with Gasteiger partial charge in [-0.1, -0.05) is 0 Å². The second-order valence-electron chi connectivity index (χ2n) is 7.76. The van der Waals surface area contributed by atoms with Gasteiger partial charge in [0, 0.05) is 10.9 Å². The van der Waals surface area contributed by atoms with Crippen LogP contribution in [-0.4, -0.2) is 64.8 Å². The van der Waals surface area contributed by atoms with Gasteiger partial charge in [0.1, 0.15) is 12.3 Å². The standard InChI is InChI=1S/C23H31N3O4S2/c1-4-30-20-7-5-19(6-8-20)26(17-23(27)24-18-13-15-25(2)16-14-18)32(28,29)22-11-9-21(31-3)10-12-22/h5-12,18H,4,13-17H2,1-3H3,(H,24,27). The van der Waals surface area contributed by atoms with Crippen LogP contribution in [0.4, 0.5) is 5.69 Å². The molecule has 1 aliphatic rings. The number of hydrogen-bond donors (Lipinski definition) is 1. The average molecular weight is 478 g/mol. The Morgan fingerprint density at radius 1 is 1.12 bits per heavy atom. The fourth-order valence-electron chi connectivity index (χ4n) is 3.62. The first-order chi connectivity index (χ1) is 15.3. The van der Waals surface area contributed by atoms with Crippen LogP contribution in [-0.2, 0) is 14.8 Å². The molecule has 0 unspecified atom stereocenters. The molecule has 0 aromatic heterocycles. The van der Waals surface area contributed by atoms with E-state index < -0.39 is 10.0 Å². The SMILES string of the molecule is CCOc1ccc(N(CC(=O)NC2CCN(C)CC2)S(=O)(=O)c2ccc(SC)cc2)cc1. The number of thioether (sulfide) groups is 1. The molecule has 1 fully saturated rings. The summed E-state index contributed by atoms with van der Waals surface area (Å²) in [4.78, 5) is 16.2. The van der Waals surface area contributed by atoms with E-state index in [0.29, 0.717) is 18.0 Å². The zero-order valence-electron chi connectivity index (χ0n) is 18.8. The molecule has 0 saturated carbocycles. The van der Waals surface area contributed by atoms with Gasteiger partial charge in [-0.05, 0) is 94.7 Å². The van der Waals surface area contributed by atoms with Gasteiger partial charge in [0.05, 0.1) is 17.2 Å². The number of amides is 1. The molecule has 0 spiro atoms. The molecule has 1 amide bonds. The molecular formula is C23H31N3O4S2. The summed E-state index contributed by atoms with van der Waals surface area (Å²) in [6, 6.07) is 13.5. The van der Waals surface area contributed by atoms with Crippen LogP contribution >= 0.6 is 11.8 Å². The van der Waals surface area contributed by atoms with Crippen LogP contribution in [0.5, 0.6) is 5.75 Å². The normalized spacial score (nSPS) is 15.3. The number of piperidine rings is 1. The number of benzene rings is 2. The lowest BCUT2D eigenvalue weighted by atomic mass is 10.1. The summed E-state index contributed by atoms with van der Waals surface area (Å²) < 4.78 is 33.7. The molecule has 0 atom stereocenters. The summed E-state index contributed by atoms with van der Waals surface area (Å²) in [5, 5.41) is 3.01. The van der Waals surface area contributed by atoms with E-state index in [0.717, 1.165) is 30.8 Å². The number of carbonyl (C=O) groups excluding carboxylic acids is 1. The minimum Gasteiger partial charge on any atom is -0.494 e. The zero-order valence-corrected chi connectivity index (χ0v) is 20.4. The van der Waals surface area contributed by atoms with Crippen molar-refractivity contribution >= 4 is 33.4 Å². The van der Waals surface area contributed by atoms with E-state index >= 15 is 0 Å². The van der Waals surface area contributed by atoms with Crippen molar-refractivity contribution in [3.05, 3.63) is 48.5 Å². The van der Waals surface area contributed by atoms with E-state index in [2.05, 4.69) is 17.3 Å². The minimum atomic E-state index is -3.93. The monoisotopic (exact) mass is 477 g/mol. The van der Waals surface area contributed by atoms with Crippen LogP contribution in [0.3, 0.4) is 0 Å². The topological polar surface area (TPSA) is 79.0 Å². The van der Waals surface area contributed by atoms with E-state index in [-0.39, 0.29) is 23.4 Å². The number of anilines is 1. The van der Waals surface area contributed by atoms with Gasteiger partial charge in [-0.3, -0.25) is 9.10 Å². The smallest absolute Gasteiger partial charge is 0.264 e. The molecule has 1 N–H and O–H groups in total. The summed E-state index contributed by atoms with van der Waals surface area (Å²) in [5.41, 5.74) is 0.418. The lowest BCUT2D eigenvalue weighted by Gasteiger charge is -2.30. The molecule has 3 rings (SSSR count). The second kappa shape index (κ2) is 11.1. The molecule has 1 aliphatic heterocycles. The van der Waals surface area contributed by atoms with Gasteiger partial charge >= 0.3 is 0 Å². The van der Waals surface area contributed by atoms with Crippen molar-refractivity contribution in [2.75, 3.05) is 43.8 Å². The number of ether oxygens (including phenoxy) is 1. The van der Waals surface area contributed by atoms with E-state index in [1.54, 1.807) is 48.5 Å². The van der Waals surface area contributed by atoms with Crippen LogP contribution in [0.15, 0.2) is 58.3 Å². The van der Waals surface area contributed by atoms with E-state index in [1.807, 2.05) is 13.2 Å². The number of nitrogens with zero attached hydrogens (tertiary/aromatic N) is 2. The molecule has 0 radical (unpaired) electrons. The second-order valence-corrected chi connectivity index (χ2v) is 10.5. The molecule has 7 nitrogen and oxygen atoms in total. The molecule has 32 heavy (non-hydrogen) atoms. The number of nitrogens with one attached hydrogen (secondary N) is 1. The van der Waals surface area contributed by atoms with Crippen LogP contribution in [0.25, 0.3) is 0 Å². The van der Waals surface area contributed by atoms with E-state index in [1.165, 1.54) is 16.1 Å². The summed E-state index contributed by atoms with van der Waals surface area (Å²) in [7, 11) is -1.88. The Balaban J connectivity index is 1.85. The first kappa shape index (κ1) is 24.4. The highest BCUT2D eigenvalue weighted by Gasteiger charge is 2.28. The van der Waals surface area contributed by atoms with Gasteiger partial charge < -0.3 is 15.0 Å². The van der Waals surface area contributed by atoms with Gasteiger partial charge in [0.25, 0.3) is 10.0 Å². The highest BCUT2D eigenvalue weighted by Crippen LogP contribution is 2.27. The van der Waals surface area contributed by atoms with Crippen molar-refractivity contribution in [1.82, 2.24) is 10.2 Å². The van der Waals surface area contributed by atoms with Gasteiger partial charge in [0.2, 0.25) is 5.91 Å². The Hall–Kier alpha value is -2.23. The van der Waals surface area contributed by atoms with Crippen molar-refractivity contribution in [2.24, 2.45) is 0 Å². The van der Waals surface area contributed by atoms with Crippen LogP contribution < -0.4 is 14.4 Å². The third-order valence-electron chi connectivity index (χ3n) is 5.45. The maximum absolute atomic E-state index is 13.5. The van der Waals surface area contributed by atoms with Crippen LogP contribution in [0, 0.1) is 0 Å². The average Bonchev–Trinajstić information content (AvgIpc) is 2.80. The third-order valence-corrected chi connectivity index (χ3v) is 7.99. The first-order valence-electron chi connectivity index (χ1n) is 10.7. The van der Waals surface area contributed by atoms with Gasteiger partial charge in [0.15, 0.2) is 0 Å². The summed E-state index contributed by atoms with van der Waals surface area (Å²) in [6.07, 6.45) is 3.64. The Labute approximate surface area is 195 Å². The van der Waals surface area contributed by atoms with E-state index in [9.17, 15) is 13.2 Å². The lowest BCUT2D eigenvalue weighted by molar-refractivity contribution is -0.120. The molecule has 1 saturated heterocycles. The molecular weight excluding hydrogens is 446 g/mol. The highest BCUT2D eigenvalue weighted by molar-refractivity contribution is 7.98. The van der Waals surface area contributed by atoms with Crippen LogP contribution in [0.2, 0.25) is 0 Å². The first-order valence-corrected chi connectivity index (χ1v) is 13.4. The fraction of sp³-hybridized carbons (Fsp3) is 0.435. The molecule has 0 aliphatic carbocycles. The predicted molar refractivity (Wildman–Crippen MR) is 129 cm³/mol. The molecule has 2 aromatic carbocycles. The van der Waals surface area contributed by atoms with Crippen molar-refractivity contribution in [2.45, 2.75) is 35.6 Å². The summed E-state index contributed by atoms with van der Waals surface area (Å²) in [6.45, 7) is 3.94. The van der Waals surface area contributed by atoms with E-state index in [4.69, 9.17) is 4.74 Å². The van der Waals surface area contributed by atoms with Crippen molar-refractivity contribution < 1.29 is 17.9 Å². The van der Waals surface area contributed by atoms with Gasteiger partial charge in [-0.2, -0.15) is 0 Å². The van der Waals surface area contributed by atoms with Crippen molar-refractivity contribution in [1.29, 1.82) is 0 Å². The largest absolute Gasteiger partial charge is 0.494 e. The third kappa shape index (κ3) is 6.17. The number of hydrogen-bond acceptors (Lipinski definition) is 6. The predicted octanol–water partition coefficient (Wildman–Crippen LogP) is 3.21. The Morgan fingerprint density at radius 2 is 1.75 bits per heavy atom. The molecule has 0 bridgehead atoms. The van der Waals surface area contributed by atoms with Gasteiger partial charge in [-0.15, -0.1) is 11.8 Å². The minimum absolute atomic E-state index is 0.0597. The Bertz CT molecular complexity index is 987. The number of likely N-dealkylation sites (tertiary alicyclic amines) is 1. The van der Waals surface area contributed by atoms with Crippen molar-refractivity contribution in [3.63, 3.8) is 0 Å². The molecule has 174 valence electrons. The zero-order chi connectivity index (χ0) is 23.1. The quantitative estimate of drug-likeness (QED) is 0.559. The fourth-order valence-corrected chi connectivity index (χ4v) is 5.45.